The molecule has 3 aromatic carbocycles. The second kappa shape index (κ2) is 11.1. The molecule has 1 N–H and O–H groups in total. The van der Waals surface area contributed by atoms with Crippen molar-refractivity contribution in [2.24, 2.45) is 0 Å². The molecular weight excluding hydrogens is 707 g/mol. The predicted octanol–water partition coefficient (Wildman–Crippen LogP) is 6.38. The standard InChI is InChI=1S/C26H19Br2IN2O5/c1-14-9-18(7-8-20(14)28)31-25(33)19(24(32)30-26(31)34)10-16-11-21(29)23(22(12-16)35-2)36-13-15-3-5-17(27)6-4-15/h3-12H,13H2,1-2H3,(H,30,32,34)/b19-10+. The summed E-state index contributed by atoms with van der Waals surface area (Å²) in [5.74, 6) is -0.481. The highest BCUT2D eigenvalue weighted by atomic mass is 127. The van der Waals surface area contributed by atoms with Crippen LogP contribution in [0.5, 0.6) is 11.5 Å². The van der Waals surface area contributed by atoms with E-state index < -0.39 is 17.8 Å². The van der Waals surface area contributed by atoms with Gasteiger partial charge in [-0.3, -0.25) is 14.9 Å². The Morgan fingerprint density at radius 2 is 1.75 bits per heavy atom. The van der Waals surface area contributed by atoms with Crippen LogP contribution in [0.25, 0.3) is 6.08 Å². The first-order valence-corrected chi connectivity index (χ1v) is 13.3. The number of aryl methyl sites for hydroxylation is 1. The van der Waals surface area contributed by atoms with Crippen LogP contribution in [0.4, 0.5) is 10.5 Å². The largest absolute Gasteiger partial charge is 0.493 e. The Hall–Kier alpha value is -2.70. The van der Waals surface area contributed by atoms with Gasteiger partial charge in [-0.25, -0.2) is 9.69 Å². The van der Waals surface area contributed by atoms with E-state index >= 15 is 0 Å². The molecule has 7 nitrogen and oxygen atoms in total. The van der Waals surface area contributed by atoms with Crippen molar-refractivity contribution < 1.29 is 23.9 Å². The van der Waals surface area contributed by atoms with Crippen LogP contribution in [0.2, 0.25) is 0 Å². The summed E-state index contributed by atoms with van der Waals surface area (Å²) in [7, 11) is 1.52. The Bertz CT molecular complexity index is 1410. The van der Waals surface area contributed by atoms with Crippen molar-refractivity contribution >= 4 is 84.1 Å². The van der Waals surface area contributed by atoms with Crippen LogP contribution in [0.1, 0.15) is 16.7 Å². The number of hydrogen-bond donors (Lipinski definition) is 1. The highest BCUT2D eigenvalue weighted by Crippen LogP contribution is 2.36. The fourth-order valence-electron chi connectivity index (χ4n) is 3.53. The number of halogens is 3. The van der Waals surface area contributed by atoms with E-state index in [1.807, 2.05) is 31.2 Å². The maximum atomic E-state index is 13.2. The average Bonchev–Trinajstić information content (AvgIpc) is 2.84. The minimum absolute atomic E-state index is 0.170. The van der Waals surface area contributed by atoms with Gasteiger partial charge in [0.1, 0.15) is 12.2 Å². The lowest BCUT2D eigenvalue weighted by atomic mass is 10.1. The minimum atomic E-state index is -0.798. The molecule has 1 fully saturated rings. The number of carbonyl (C=O) groups excluding carboxylic acids is 3. The zero-order valence-electron chi connectivity index (χ0n) is 19.1. The van der Waals surface area contributed by atoms with E-state index in [4.69, 9.17) is 9.47 Å². The van der Waals surface area contributed by atoms with Crippen LogP contribution in [0.3, 0.4) is 0 Å². The van der Waals surface area contributed by atoms with Crippen LogP contribution < -0.4 is 19.7 Å². The van der Waals surface area contributed by atoms with Gasteiger partial charge in [-0.15, -0.1) is 0 Å². The molecule has 10 heteroatoms. The number of carbonyl (C=O) groups is 3. The van der Waals surface area contributed by atoms with Crippen molar-refractivity contribution in [2.75, 3.05) is 12.0 Å². The zero-order valence-corrected chi connectivity index (χ0v) is 24.4. The first-order chi connectivity index (χ1) is 17.2. The smallest absolute Gasteiger partial charge is 0.335 e. The zero-order chi connectivity index (χ0) is 26.0. The van der Waals surface area contributed by atoms with Crippen molar-refractivity contribution in [3.63, 3.8) is 0 Å². The molecule has 0 aromatic heterocycles. The Kier molecular flexibility index (Phi) is 8.16. The topological polar surface area (TPSA) is 84.9 Å². The predicted molar refractivity (Wildman–Crippen MR) is 152 cm³/mol. The molecule has 1 heterocycles. The third-order valence-electron chi connectivity index (χ3n) is 5.36. The van der Waals surface area contributed by atoms with E-state index in [1.165, 1.54) is 13.2 Å². The number of nitrogens with one attached hydrogen (secondary N) is 1. The lowest BCUT2D eigenvalue weighted by Gasteiger charge is -2.26. The SMILES string of the molecule is COc1cc(/C=C2\C(=O)NC(=O)N(c3ccc(Br)c(C)c3)C2=O)cc(I)c1OCc1ccc(Br)cc1. The summed E-state index contributed by atoms with van der Waals surface area (Å²) in [6, 6.07) is 15.5. The third-order valence-corrected chi connectivity index (χ3v) is 7.58. The van der Waals surface area contributed by atoms with Gasteiger partial charge in [0, 0.05) is 8.95 Å². The van der Waals surface area contributed by atoms with E-state index in [1.54, 1.807) is 30.3 Å². The van der Waals surface area contributed by atoms with Crippen LogP contribution in [-0.4, -0.2) is 25.0 Å². The van der Waals surface area contributed by atoms with Crippen LogP contribution >= 0.6 is 54.5 Å². The highest BCUT2D eigenvalue weighted by Gasteiger charge is 2.37. The molecule has 0 atom stereocenters. The molecule has 184 valence electrons. The number of barbiturate groups is 1. The first kappa shape index (κ1) is 26.4. The Labute approximate surface area is 238 Å². The quantitative estimate of drug-likeness (QED) is 0.181. The molecule has 0 radical (unpaired) electrons. The van der Waals surface area contributed by atoms with Crippen molar-refractivity contribution in [1.82, 2.24) is 5.32 Å². The molecule has 0 unspecified atom stereocenters. The summed E-state index contributed by atoms with van der Waals surface area (Å²) in [5.41, 5.74) is 2.57. The van der Waals surface area contributed by atoms with Crippen molar-refractivity contribution in [1.29, 1.82) is 0 Å². The van der Waals surface area contributed by atoms with Crippen molar-refractivity contribution in [2.45, 2.75) is 13.5 Å². The summed E-state index contributed by atoms with van der Waals surface area (Å²) in [5, 5.41) is 2.25. The molecule has 4 amide bonds. The minimum Gasteiger partial charge on any atom is -0.493 e. The summed E-state index contributed by atoms with van der Waals surface area (Å²) in [6.07, 6.45) is 1.44. The van der Waals surface area contributed by atoms with Crippen LogP contribution in [0, 0.1) is 10.5 Å². The van der Waals surface area contributed by atoms with Crippen LogP contribution in [-0.2, 0) is 16.2 Å². The van der Waals surface area contributed by atoms with Gasteiger partial charge in [-0.1, -0.05) is 44.0 Å². The Balaban J connectivity index is 1.64. The average molecular weight is 726 g/mol. The van der Waals surface area contributed by atoms with Gasteiger partial charge in [0.25, 0.3) is 11.8 Å². The Morgan fingerprint density at radius 3 is 2.42 bits per heavy atom. The number of anilines is 1. The normalized spacial score (nSPS) is 14.8. The second-order valence-corrected chi connectivity index (χ2v) is 10.8. The molecule has 1 saturated heterocycles. The van der Waals surface area contributed by atoms with Gasteiger partial charge in [-0.05, 0) is 94.7 Å². The molecule has 0 bridgehead atoms. The van der Waals surface area contributed by atoms with E-state index in [9.17, 15) is 14.4 Å². The maximum absolute atomic E-state index is 13.2. The maximum Gasteiger partial charge on any atom is 0.335 e. The fraction of sp³-hybridized carbons (Fsp3) is 0.115. The molecule has 0 aliphatic carbocycles. The molecule has 0 spiro atoms. The number of benzene rings is 3. The van der Waals surface area contributed by atoms with E-state index in [-0.39, 0.29) is 5.57 Å². The van der Waals surface area contributed by atoms with E-state index in [0.29, 0.717) is 29.4 Å². The number of amides is 4. The van der Waals surface area contributed by atoms with E-state index in [2.05, 4.69) is 59.8 Å². The lowest BCUT2D eigenvalue weighted by molar-refractivity contribution is -0.122. The van der Waals surface area contributed by atoms with Crippen molar-refractivity contribution in [3.8, 4) is 11.5 Å². The van der Waals surface area contributed by atoms with Crippen LogP contribution in [0.15, 0.2) is 69.1 Å². The number of urea groups is 1. The number of methoxy groups -OCH3 is 1. The van der Waals surface area contributed by atoms with Gasteiger partial charge in [0.05, 0.1) is 16.4 Å². The number of nitrogens with zero attached hydrogens (tertiary/aromatic N) is 1. The molecule has 4 rings (SSSR count). The molecule has 1 aliphatic rings. The molecule has 1 aliphatic heterocycles. The summed E-state index contributed by atoms with van der Waals surface area (Å²) in [4.78, 5) is 39.3. The monoisotopic (exact) mass is 724 g/mol. The molecule has 36 heavy (non-hydrogen) atoms. The van der Waals surface area contributed by atoms with Gasteiger partial charge < -0.3 is 9.47 Å². The first-order valence-electron chi connectivity index (χ1n) is 10.6. The fourth-order valence-corrected chi connectivity index (χ4v) is 4.82. The van der Waals surface area contributed by atoms with E-state index in [0.717, 1.165) is 28.5 Å². The number of rotatable bonds is 6. The van der Waals surface area contributed by atoms with Gasteiger partial charge in [0.15, 0.2) is 11.5 Å². The van der Waals surface area contributed by atoms with Gasteiger partial charge in [-0.2, -0.15) is 0 Å². The van der Waals surface area contributed by atoms with Crippen molar-refractivity contribution in [3.05, 3.63) is 89.4 Å². The second-order valence-electron chi connectivity index (χ2n) is 7.84. The summed E-state index contributed by atoms with van der Waals surface area (Å²) in [6.45, 7) is 2.18. The molecule has 3 aromatic rings. The van der Waals surface area contributed by atoms with Gasteiger partial charge >= 0.3 is 6.03 Å². The molecule has 0 saturated carbocycles. The summed E-state index contributed by atoms with van der Waals surface area (Å²) < 4.78 is 14.1. The Morgan fingerprint density at radius 1 is 1.03 bits per heavy atom. The number of imide groups is 2. The van der Waals surface area contributed by atoms with Gasteiger partial charge in [0.2, 0.25) is 0 Å². The summed E-state index contributed by atoms with van der Waals surface area (Å²) >= 11 is 8.94. The highest BCUT2D eigenvalue weighted by molar-refractivity contribution is 14.1. The number of ether oxygens (including phenoxy) is 2. The third kappa shape index (κ3) is 5.65. The lowest BCUT2D eigenvalue weighted by Crippen LogP contribution is -2.54. The molecular formula is C26H19Br2IN2O5. The number of hydrogen-bond acceptors (Lipinski definition) is 5.